The van der Waals surface area contributed by atoms with Crippen molar-refractivity contribution in [1.82, 2.24) is 9.88 Å². The van der Waals surface area contributed by atoms with E-state index in [9.17, 15) is 9.18 Å². The van der Waals surface area contributed by atoms with Gasteiger partial charge in [0.05, 0.1) is 5.56 Å². The molecule has 0 spiro atoms. The summed E-state index contributed by atoms with van der Waals surface area (Å²) in [6.45, 7) is 4.16. The van der Waals surface area contributed by atoms with E-state index in [0.29, 0.717) is 18.2 Å². The lowest BCUT2D eigenvalue weighted by Crippen LogP contribution is -2.33. The largest absolute Gasteiger partial charge is 0.332 e. The van der Waals surface area contributed by atoms with Gasteiger partial charge in [0.2, 0.25) is 5.95 Å². The van der Waals surface area contributed by atoms with Crippen molar-refractivity contribution in [3.63, 3.8) is 0 Å². The normalized spacial score (nSPS) is 14.6. The van der Waals surface area contributed by atoms with Crippen molar-refractivity contribution >= 4 is 5.91 Å². The SMILES string of the molecule is C=CCN(C(=O)c1ccc(F)nc1)C1CC1. The van der Waals surface area contributed by atoms with Crippen LogP contribution >= 0.6 is 0 Å². The van der Waals surface area contributed by atoms with Gasteiger partial charge in [-0.15, -0.1) is 6.58 Å². The zero-order valence-electron chi connectivity index (χ0n) is 8.90. The second-order valence-electron chi connectivity index (χ2n) is 3.85. The molecule has 0 saturated heterocycles. The summed E-state index contributed by atoms with van der Waals surface area (Å²) in [5, 5.41) is 0. The van der Waals surface area contributed by atoms with Crippen molar-refractivity contribution in [2.45, 2.75) is 18.9 Å². The number of hydrogen-bond donors (Lipinski definition) is 0. The molecule has 1 aliphatic carbocycles. The lowest BCUT2D eigenvalue weighted by molar-refractivity contribution is 0.0762. The minimum absolute atomic E-state index is 0.102. The molecule has 0 radical (unpaired) electrons. The first-order valence-corrected chi connectivity index (χ1v) is 5.26. The summed E-state index contributed by atoms with van der Waals surface area (Å²) in [7, 11) is 0. The number of aromatic nitrogens is 1. The van der Waals surface area contributed by atoms with Crippen LogP contribution in [0.4, 0.5) is 4.39 Å². The summed E-state index contributed by atoms with van der Waals surface area (Å²) in [6.07, 6.45) is 5.05. The number of pyridine rings is 1. The number of nitrogens with zero attached hydrogens (tertiary/aromatic N) is 2. The summed E-state index contributed by atoms with van der Waals surface area (Å²) in [6, 6.07) is 2.98. The second-order valence-corrected chi connectivity index (χ2v) is 3.85. The molecule has 0 N–H and O–H groups in total. The highest BCUT2D eigenvalue weighted by molar-refractivity contribution is 5.94. The average molecular weight is 220 g/mol. The predicted octanol–water partition coefficient (Wildman–Crippen LogP) is 2.01. The average Bonchev–Trinajstić information content (AvgIpc) is 3.10. The Hall–Kier alpha value is -1.71. The highest BCUT2D eigenvalue weighted by Crippen LogP contribution is 2.27. The molecule has 84 valence electrons. The summed E-state index contributed by atoms with van der Waals surface area (Å²) in [5.74, 6) is -0.673. The molecule has 0 aromatic carbocycles. The standard InChI is InChI=1S/C12H13FN2O/c1-2-7-15(10-4-5-10)12(16)9-3-6-11(13)14-8-9/h2-3,6,8,10H,1,4-5,7H2. The van der Waals surface area contributed by atoms with E-state index in [0.717, 1.165) is 12.8 Å². The van der Waals surface area contributed by atoms with Gasteiger partial charge >= 0.3 is 0 Å². The lowest BCUT2D eigenvalue weighted by Gasteiger charge is -2.20. The first-order chi connectivity index (χ1) is 7.72. The molecule has 2 rings (SSSR count). The van der Waals surface area contributed by atoms with Gasteiger partial charge in [-0.2, -0.15) is 4.39 Å². The molecular weight excluding hydrogens is 207 g/mol. The van der Waals surface area contributed by atoms with E-state index in [4.69, 9.17) is 0 Å². The van der Waals surface area contributed by atoms with Gasteiger partial charge in [-0.25, -0.2) is 4.98 Å². The fraction of sp³-hybridized carbons (Fsp3) is 0.333. The Balaban J connectivity index is 2.15. The molecule has 0 bridgehead atoms. The van der Waals surface area contributed by atoms with E-state index >= 15 is 0 Å². The van der Waals surface area contributed by atoms with Crippen LogP contribution in [-0.4, -0.2) is 28.4 Å². The summed E-state index contributed by atoms with van der Waals surface area (Å²) >= 11 is 0. The van der Waals surface area contributed by atoms with Crippen molar-refractivity contribution in [3.8, 4) is 0 Å². The fourth-order valence-corrected chi connectivity index (χ4v) is 1.59. The molecule has 0 atom stereocenters. The van der Waals surface area contributed by atoms with E-state index in [-0.39, 0.29) is 5.91 Å². The molecule has 4 heteroatoms. The van der Waals surface area contributed by atoms with Crippen LogP contribution in [-0.2, 0) is 0 Å². The lowest BCUT2D eigenvalue weighted by atomic mass is 10.2. The van der Waals surface area contributed by atoms with Crippen LogP contribution in [0.15, 0.2) is 31.0 Å². The molecule has 1 aromatic heterocycles. The zero-order valence-corrected chi connectivity index (χ0v) is 8.90. The van der Waals surface area contributed by atoms with Crippen LogP contribution in [0.25, 0.3) is 0 Å². The molecule has 0 unspecified atom stereocenters. The zero-order chi connectivity index (χ0) is 11.5. The third kappa shape index (κ3) is 2.27. The van der Waals surface area contributed by atoms with Crippen LogP contribution in [0.2, 0.25) is 0 Å². The van der Waals surface area contributed by atoms with E-state index in [2.05, 4.69) is 11.6 Å². The Kier molecular flexibility index (Phi) is 2.99. The number of carbonyl (C=O) groups is 1. The summed E-state index contributed by atoms with van der Waals surface area (Å²) < 4.78 is 12.6. The van der Waals surface area contributed by atoms with Crippen LogP contribution in [0.5, 0.6) is 0 Å². The van der Waals surface area contributed by atoms with Crippen molar-refractivity contribution in [1.29, 1.82) is 0 Å². The monoisotopic (exact) mass is 220 g/mol. The molecule has 1 amide bonds. The minimum atomic E-state index is -0.571. The van der Waals surface area contributed by atoms with Crippen molar-refractivity contribution in [2.24, 2.45) is 0 Å². The molecule has 1 fully saturated rings. The van der Waals surface area contributed by atoms with Crippen molar-refractivity contribution in [2.75, 3.05) is 6.54 Å². The molecule has 1 aromatic rings. The van der Waals surface area contributed by atoms with Gasteiger partial charge in [0, 0.05) is 18.8 Å². The molecular formula is C12H13FN2O. The number of amides is 1. The number of carbonyl (C=O) groups excluding carboxylic acids is 1. The maximum absolute atomic E-state index is 12.6. The van der Waals surface area contributed by atoms with E-state index in [1.54, 1.807) is 11.0 Å². The predicted molar refractivity (Wildman–Crippen MR) is 58.5 cm³/mol. The maximum atomic E-state index is 12.6. The smallest absolute Gasteiger partial charge is 0.255 e. The molecule has 3 nitrogen and oxygen atoms in total. The Morgan fingerprint density at radius 3 is 2.88 bits per heavy atom. The molecule has 1 aliphatic rings. The van der Waals surface area contributed by atoms with Gasteiger partial charge in [-0.3, -0.25) is 4.79 Å². The Morgan fingerprint density at radius 2 is 2.38 bits per heavy atom. The van der Waals surface area contributed by atoms with Gasteiger partial charge in [-0.05, 0) is 25.0 Å². The van der Waals surface area contributed by atoms with E-state index < -0.39 is 5.95 Å². The maximum Gasteiger partial charge on any atom is 0.255 e. The van der Waals surface area contributed by atoms with Gasteiger partial charge in [0.25, 0.3) is 5.91 Å². The fourth-order valence-electron chi connectivity index (χ4n) is 1.59. The third-order valence-corrected chi connectivity index (χ3v) is 2.55. The first kappa shape index (κ1) is 10.8. The van der Waals surface area contributed by atoms with Gasteiger partial charge in [0.1, 0.15) is 0 Å². The van der Waals surface area contributed by atoms with Crippen molar-refractivity contribution in [3.05, 3.63) is 42.5 Å². The Morgan fingerprint density at radius 1 is 1.62 bits per heavy atom. The number of rotatable bonds is 4. The molecule has 0 aliphatic heterocycles. The highest BCUT2D eigenvalue weighted by atomic mass is 19.1. The van der Waals surface area contributed by atoms with E-state index in [1.165, 1.54) is 18.3 Å². The number of halogens is 1. The van der Waals surface area contributed by atoms with Gasteiger partial charge in [-0.1, -0.05) is 6.08 Å². The van der Waals surface area contributed by atoms with Crippen LogP contribution < -0.4 is 0 Å². The highest BCUT2D eigenvalue weighted by Gasteiger charge is 2.32. The van der Waals surface area contributed by atoms with E-state index in [1.807, 2.05) is 0 Å². The number of hydrogen-bond acceptors (Lipinski definition) is 2. The van der Waals surface area contributed by atoms with Crippen molar-refractivity contribution < 1.29 is 9.18 Å². The molecule has 1 saturated carbocycles. The van der Waals surface area contributed by atoms with Gasteiger partial charge in [0.15, 0.2) is 0 Å². The third-order valence-electron chi connectivity index (χ3n) is 2.55. The van der Waals surface area contributed by atoms with Crippen LogP contribution in [0.1, 0.15) is 23.2 Å². The van der Waals surface area contributed by atoms with Crippen LogP contribution in [0.3, 0.4) is 0 Å². The topological polar surface area (TPSA) is 33.2 Å². The molecule has 16 heavy (non-hydrogen) atoms. The Labute approximate surface area is 93.6 Å². The molecule has 1 heterocycles. The second kappa shape index (κ2) is 4.43. The minimum Gasteiger partial charge on any atom is -0.332 e. The Bertz CT molecular complexity index is 398. The quantitative estimate of drug-likeness (QED) is 0.574. The van der Waals surface area contributed by atoms with Crippen LogP contribution in [0, 0.1) is 5.95 Å². The van der Waals surface area contributed by atoms with Gasteiger partial charge < -0.3 is 4.90 Å². The summed E-state index contributed by atoms with van der Waals surface area (Å²) in [5.41, 5.74) is 0.426. The summed E-state index contributed by atoms with van der Waals surface area (Å²) in [4.78, 5) is 17.3. The first-order valence-electron chi connectivity index (χ1n) is 5.26.